The summed E-state index contributed by atoms with van der Waals surface area (Å²) < 4.78 is 0. The molecule has 0 aliphatic carbocycles. The van der Waals surface area contributed by atoms with Crippen LogP contribution in [0, 0.1) is 0 Å². The molecule has 94 valence electrons. The summed E-state index contributed by atoms with van der Waals surface area (Å²) in [6.45, 7) is 6.02. The molecule has 0 spiro atoms. The van der Waals surface area contributed by atoms with Crippen LogP contribution < -0.4 is 5.43 Å². The van der Waals surface area contributed by atoms with E-state index in [1.165, 1.54) is 0 Å². The standard InChI is InChI=1S/C13H20N2O2/c1-3-9-15(10-4-2)14-12-8-6-5-7-11(12)13(16)17/h5-8,14H,3-4,9-10H2,1-2H3,(H,16,17). The van der Waals surface area contributed by atoms with Gasteiger partial charge in [-0.15, -0.1) is 0 Å². The molecule has 0 bridgehead atoms. The van der Waals surface area contributed by atoms with Gasteiger partial charge in [0, 0.05) is 13.1 Å². The van der Waals surface area contributed by atoms with Crippen LogP contribution >= 0.6 is 0 Å². The molecule has 0 radical (unpaired) electrons. The second kappa shape index (κ2) is 6.91. The van der Waals surface area contributed by atoms with Crippen LogP contribution in [0.15, 0.2) is 24.3 Å². The van der Waals surface area contributed by atoms with Crippen LogP contribution in [0.4, 0.5) is 5.69 Å². The summed E-state index contributed by atoms with van der Waals surface area (Å²) in [7, 11) is 0. The number of carbonyl (C=O) groups is 1. The van der Waals surface area contributed by atoms with Crippen LogP contribution in [0.3, 0.4) is 0 Å². The second-order valence-electron chi connectivity index (χ2n) is 3.95. The second-order valence-corrected chi connectivity index (χ2v) is 3.95. The summed E-state index contributed by atoms with van der Waals surface area (Å²) in [6.07, 6.45) is 2.06. The molecule has 4 nitrogen and oxygen atoms in total. The summed E-state index contributed by atoms with van der Waals surface area (Å²) in [6, 6.07) is 6.98. The number of carboxylic acids is 1. The highest BCUT2D eigenvalue weighted by Gasteiger charge is 2.11. The lowest BCUT2D eigenvalue weighted by molar-refractivity contribution is 0.0697. The van der Waals surface area contributed by atoms with Gasteiger partial charge in [-0.2, -0.15) is 0 Å². The van der Waals surface area contributed by atoms with Crippen molar-refractivity contribution in [2.75, 3.05) is 18.5 Å². The molecule has 1 aromatic rings. The van der Waals surface area contributed by atoms with E-state index in [2.05, 4.69) is 24.3 Å². The van der Waals surface area contributed by atoms with Gasteiger partial charge in [0.05, 0.1) is 11.3 Å². The van der Waals surface area contributed by atoms with E-state index < -0.39 is 5.97 Å². The fraction of sp³-hybridized carbons (Fsp3) is 0.462. The van der Waals surface area contributed by atoms with E-state index in [-0.39, 0.29) is 0 Å². The van der Waals surface area contributed by atoms with Crippen molar-refractivity contribution < 1.29 is 9.90 Å². The first-order chi connectivity index (χ1) is 8.19. The quantitative estimate of drug-likeness (QED) is 0.715. The van der Waals surface area contributed by atoms with Crippen molar-refractivity contribution >= 4 is 11.7 Å². The van der Waals surface area contributed by atoms with Crippen molar-refractivity contribution in [2.24, 2.45) is 0 Å². The van der Waals surface area contributed by atoms with Gasteiger partial charge in [0.25, 0.3) is 0 Å². The number of hydrogen-bond acceptors (Lipinski definition) is 3. The van der Waals surface area contributed by atoms with Crippen molar-refractivity contribution in [3.8, 4) is 0 Å². The number of nitrogens with zero attached hydrogens (tertiary/aromatic N) is 1. The van der Waals surface area contributed by atoms with E-state index >= 15 is 0 Å². The monoisotopic (exact) mass is 236 g/mol. The first kappa shape index (κ1) is 13.5. The van der Waals surface area contributed by atoms with Crippen LogP contribution in [-0.4, -0.2) is 29.2 Å². The Labute approximate surface area is 102 Å². The first-order valence-electron chi connectivity index (χ1n) is 6.03. The average molecular weight is 236 g/mol. The molecule has 0 unspecified atom stereocenters. The molecule has 0 heterocycles. The molecule has 0 saturated heterocycles. The Bertz CT molecular complexity index is 360. The van der Waals surface area contributed by atoms with E-state index in [1.807, 2.05) is 6.07 Å². The normalized spacial score (nSPS) is 10.5. The number of hydrazine groups is 1. The van der Waals surface area contributed by atoms with Crippen LogP contribution in [0.5, 0.6) is 0 Å². The van der Waals surface area contributed by atoms with Crippen molar-refractivity contribution in [1.82, 2.24) is 5.01 Å². The van der Waals surface area contributed by atoms with Gasteiger partial charge in [0.1, 0.15) is 0 Å². The maximum absolute atomic E-state index is 11.1. The molecule has 0 atom stereocenters. The molecule has 0 aromatic heterocycles. The van der Waals surface area contributed by atoms with Gasteiger partial charge in [-0.05, 0) is 25.0 Å². The zero-order valence-corrected chi connectivity index (χ0v) is 10.4. The van der Waals surface area contributed by atoms with Gasteiger partial charge < -0.3 is 10.5 Å². The Morgan fingerprint density at radius 3 is 2.35 bits per heavy atom. The number of anilines is 1. The third-order valence-corrected chi connectivity index (χ3v) is 2.42. The highest BCUT2D eigenvalue weighted by atomic mass is 16.4. The van der Waals surface area contributed by atoms with Gasteiger partial charge in [0.2, 0.25) is 0 Å². The zero-order valence-electron chi connectivity index (χ0n) is 10.4. The number of rotatable bonds is 7. The SMILES string of the molecule is CCCN(CCC)Nc1ccccc1C(=O)O. The van der Waals surface area contributed by atoms with Gasteiger partial charge in [-0.3, -0.25) is 0 Å². The summed E-state index contributed by atoms with van der Waals surface area (Å²) in [5.41, 5.74) is 4.15. The van der Waals surface area contributed by atoms with Crippen LogP contribution in [0.2, 0.25) is 0 Å². The van der Waals surface area contributed by atoms with Crippen molar-refractivity contribution in [2.45, 2.75) is 26.7 Å². The fourth-order valence-corrected chi connectivity index (χ4v) is 1.70. The minimum atomic E-state index is -0.902. The number of nitrogens with one attached hydrogen (secondary N) is 1. The van der Waals surface area contributed by atoms with E-state index in [0.29, 0.717) is 11.3 Å². The maximum atomic E-state index is 11.1. The molecule has 1 aromatic carbocycles. The Morgan fingerprint density at radius 2 is 1.82 bits per heavy atom. The Balaban J connectivity index is 2.80. The zero-order chi connectivity index (χ0) is 12.7. The fourth-order valence-electron chi connectivity index (χ4n) is 1.70. The summed E-state index contributed by atoms with van der Waals surface area (Å²) in [5, 5.41) is 11.1. The topological polar surface area (TPSA) is 52.6 Å². The molecule has 1 rings (SSSR count). The molecule has 0 aliphatic heterocycles. The molecule has 0 fully saturated rings. The third-order valence-electron chi connectivity index (χ3n) is 2.42. The molecule has 0 amide bonds. The van der Waals surface area contributed by atoms with Gasteiger partial charge >= 0.3 is 5.97 Å². The molecule has 17 heavy (non-hydrogen) atoms. The van der Waals surface area contributed by atoms with Crippen LogP contribution in [0.1, 0.15) is 37.0 Å². The van der Waals surface area contributed by atoms with Gasteiger partial charge in [0.15, 0.2) is 0 Å². The lowest BCUT2D eigenvalue weighted by Crippen LogP contribution is -2.32. The third kappa shape index (κ3) is 4.07. The largest absolute Gasteiger partial charge is 0.478 e. The molecular weight excluding hydrogens is 216 g/mol. The summed E-state index contributed by atoms with van der Waals surface area (Å²) >= 11 is 0. The van der Waals surface area contributed by atoms with Crippen molar-refractivity contribution in [1.29, 1.82) is 0 Å². The maximum Gasteiger partial charge on any atom is 0.337 e. The van der Waals surface area contributed by atoms with Gasteiger partial charge in [-0.25, -0.2) is 9.80 Å². The molecule has 2 N–H and O–H groups in total. The first-order valence-corrected chi connectivity index (χ1v) is 6.03. The number of para-hydroxylation sites is 1. The molecule has 4 heteroatoms. The van der Waals surface area contributed by atoms with Crippen molar-refractivity contribution in [3.05, 3.63) is 29.8 Å². The van der Waals surface area contributed by atoms with Crippen LogP contribution in [0.25, 0.3) is 0 Å². The Morgan fingerprint density at radius 1 is 1.24 bits per heavy atom. The Kier molecular flexibility index (Phi) is 5.49. The summed E-state index contributed by atoms with van der Waals surface area (Å²) in [5.74, 6) is -0.902. The van der Waals surface area contributed by atoms with E-state index in [0.717, 1.165) is 25.9 Å². The highest BCUT2D eigenvalue weighted by molar-refractivity contribution is 5.94. The lowest BCUT2D eigenvalue weighted by Gasteiger charge is -2.24. The van der Waals surface area contributed by atoms with Gasteiger partial charge in [-0.1, -0.05) is 26.0 Å². The Hall–Kier alpha value is -1.55. The molecule has 0 aliphatic rings. The molecular formula is C13H20N2O2. The number of hydrogen-bond donors (Lipinski definition) is 2. The predicted octanol–water partition coefficient (Wildman–Crippen LogP) is 2.83. The summed E-state index contributed by atoms with van der Waals surface area (Å²) in [4.78, 5) is 11.1. The number of aromatic carboxylic acids is 1. The average Bonchev–Trinajstić information content (AvgIpc) is 2.30. The highest BCUT2D eigenvalue weighted by Crippen LogP contribution is 2.15. The smallest absolute Gasteiger partial charge is 0.337 e. The predicted molar refractivity (Wildman–Crippen MR) is 69.2 cm³/mol. The van der Waals surface area contributed by atoms with E-state index in [1.54, 1.807) is 18.2 Å². The molecule has 0 saturated carbocycles. The lowest BCUT2D eigenvalue weighted by atomic mass is 10.2. The minimum absolute atomic E-state index is 0.310. The number of benzene rings is 1. The van der Waals surface area contributed by atoms with E-state index in [4.69, 9.17) is 5.11 Å². The van der Waals surface area contributed by atoms with Crippen LogP contribution in [-0.2, 0) is 0 Å². The minimum Gasteiger partial charge on any atom is -0.478 e. The van der Waals surface area contributed by atoms with E-state index in [9.17, 15) is 4.79 Å². The van der Waals surface area contributed by atoms with Crippen molar-refractivity contribution in [3.63, 3.8) is 0 Å². The number of carboxylic acid groups (broad SMARTS) is 1.